The van der Waals surface area contributed by atoms with Crippen molar-refractivity contribution in [1.82, 2.24) is 24.9 Å². The van der Waals surface area contributed by atoms with Gasteiger partial charge in [-0.25, -0.2) is 23.4 Å². The second-order valence-corrected chi connectivity index (χ2v) is 16.4. The van der Waals surface area contributed by atoms with Crippen molar-refractivity contribution >= 4 is 76.5 Å². The third-order valence-electron chi connectivity index (χ3n) is 8.86. The van der Waals surface area contributed by atoms with E-state index in [0.29, 0.717) is 37.3 Å². The van der Waals surface area contributed by atoms with Crippen LogP contribution in [-0.4, -0.2) is 64.1 Å². The highest BCUT2D eigenvalue weighted by Crippen LogP contribution is 2.35. The van der Waals surface area contributed by atoms with E-state index in [0.717, 1.165) is 0 Å². The largest absolute Gasteiger partial charge is 0.494 e. The summed E-state index contributed by atoms with van der Waals surface area (Å²) in [7, 11) is -3.89. The second-order valence-electron chi connectivity index (χ2n) is 12.6. The molecule has 2 aliphatic heterocycles. The lowest BCUT2D eigenvalue weighted by atomic mass is 10.1. The monoisotopic (exact) mass is 915 g/mol. The lowest BCUT2D eigenvalue weighted by Crippen LogP contribution is -2.49. The summed E-state index contributed by atoms with van der Waals surface area (Å²) in [5, 5.41) is 5.42. The number of carbonyl (C=O) groups excluding carboxylic acids is 2. The van der Waals surface area contributed by atoms with Gasteiger partial charge in [-0.05, 0) is 48.9 Å². The van der Waals surface area contributed by atoms with E-state index in [1.165, 1.54) is 47.7 Å². The maximum absolute atomic E-state index is 14.2. The summed E-state index contributed by atoms with van der Waals surface area (Å²) in [6.45, 7) is -0.127. The first-order chi connectivity index (χ1) is 27.4. The van der Waals surface area contributed by atoms with Crippen LogP contribution < -0.4 is 40.9 Å². The number of amides is 2. The Morgan fingerprint density at radius 1 is 0.789 bits per heavy atom. The molecule has 0 fully saturated rings. The zero-order valence-corrected chi connectivity index (χ0v) is 33.3. The molecule has 6 heterocycles. The van der Waals surface area contributed by atoms with Crippen LogP contribution in [-0.2, 0) is 9.84 Å². The summed E-state index contributed by atoms with van der Waals surface area (Å²) in [5.74, 6) is -1.09. The molecule has 6 aromatic rings. The number of nitrogens with one attached hydrogen (secondary N) is 2. The number of carbonyl (C=O) groups is 2. The van der Waals surface area contributed by atoms with Crippen molar-refractivity contribution in [2.75, 3.05) is 41.1 Å². The lowest BCUT2D eigenvalue weighted by Gasteiger charge is -2.22. The number of sulfone groups is 1. The third kappa shape index (κ3) is 7.65. The van der Waals surface area contributed by atoms with Gasteiger partial charge in [0.2, 0.25) is 5.69 Å². The maximum Gasteiger partial charge on any atom is 0.307 e. The molecule has 4 aromatic heterocycles. The van der Waals surface area contributed by atoms with Crippen LogP contribution in [0.2, 0.25) is 0 Å². The Kier molecular flexibility index (Phi) is 10.1. The SMILES string of the molecule is Nc1ncc2nc1C(=O)Nc1cnccc1OC([n+]1cc3nc(c1N)C(=O)Nc1cnccc1S(=O)(=O)CCCOc1ccc(Br)c-3c1)COc1ccc(Br)c-2c1. The molecular weight excluding hydrogens is 888 g/mol. The van der Waals surface area contributed by atoms with Gasteiger partial charge in [0.1, 0.15) is 29.1 Å². The highest BCUT2D eigenvalue weighted by molar-refractivity contribution is 9.11. The first-order valence-electron chi connectivity index (χ1n) is 17.0. The molecule has 0 spiro atoms. The van der Waals surface area contributed by atoms with E-state index in [4.69, 9.17) is 25.7 Å². The number of nitrogens with zero attached hydrogens (tertiary/aromatic N) is 6. The Balaban J connectivity index is 1.31. The predicted octanol–water partition coefficient (Wildman–Crippen LogP) is 5.00. The average molecular weight is 918 g/mol. The minimum absolute atomic E-state index is 0.0610. The number of benzene rings is 2. The maximum atomic E-state index is 14.2. The topological polar surface area (TPSA) is 240 Å². The van der Waals surface area contributed by atoms with E-state index in [1.807, 2.05) is 0 Å². The number of nitrogens with two attached hydrogens (primary N) is 2. The first-order valence-corrected chi connectivity index (χ1v) is 20.3. The minimum Gasteiger partial charge on any atom is -0.494 e. The summed E-state index contributed by atoms with van der Waals surface area (Å²) >= 11 is 7.15. The molecule has 2 aliphatic rings. The number of hydrogen-bond donors (Lipinski definition) is 4. The Bertz CT molecular complexity index is 2720. The highest BCUT2D eigenvalue weighted by atomic mass is 79.9. The molecule has 17 nitrogen and oxygen atoms in total. The molecule has 0 saturated heterocycles. The van der Waals surface area contributed by atoms with Crippen molar-refractivity contribution in [3.05, 3.63) is 106 Å². The molecule has 0 saturated carbocycles. The van der Waals surface area contributed by atoms with Crippen molar-refractivity contribution in [3.63, 3.8) is 0 Å². The number of aromatic nitrogens is 6. The fraction of sp³-hybridized carbons (Fsp3) is 0.135. The van der Waals surface area contributed by atoms with E-state index >= 15 is 0 Å². The van der Waals surface area contributed by atoms with E-state index < -0.39 is 27.9 Å². The minimum atomic E-state index is -3.89. The molecule has 8 rings (SSSR count). The van der Waals surface area contributed by atoms with Gasteiger partial charge in [-0.3, -0.25) is 25.3 Å². The Morgan fingerprint density at radius 3 is 2.21 bits per heavy atom. The standard InChI is InChI=1S/C37H28Br2N10O7S/c38-23-5-3-20-13-21(23)25-16-44-34(40)32(45-25)36(50)47-26-14-42-8-6-29(26)56-31(18-55-20)49-17-28-22-12-19(2-4-24(22)39)54-10-1-11-57(52,53)30-7-9-43-15-27(30)48-37(51)33(46-28)35(49)41/h2-9,12-17,31,41H,1,10-11,18H2,(H4,40,44,47,48,50,51)/p+1. The predicted molar refractivity (Wildman–Crippen MR) is 213 cm³/mol. The van der Waals surface area contributed by atoms with Crippen LogP contribution in [0, 0.1) is 0 Å². The van der Waals surface area contributed by atoms with Gasteiger partial charge in [-0.2, -0.15) is 4.57 Å². The Labute approximate surface area is 341 Å². The first kappa shape index (κ1) is 37.7. The van der Waals surface area contributed by atoms with E-state index in [1.54, 1.807) is 42.6 Å². The number of anilines is 4. The number of ether oxygens (including phenoxy) is 3. The number of fused-ring (bicyclic) bond motifs is 12. The van der Waals surface area contributed by atoms with Crippen LogP contribution in [0.25, 0.3) is 22.5 Å². The van der Waals surface area contributed by atoms with Gasteiger partial charge < -0.3 is 30.6 Å². The molecule has 288 valence electrons. The van der Waals surface area contributed by atoms with E-state index in [2.05, 4.69) is 67.4 Å². The molecule has 57 heavy (non-hydrogen) atoms. The number of pyridine rings is 2. The molecule has 8 bridgehead atoms. The molecule has 6 N–H and O–H groups in total. The summed E-state index contributed by atoms with van der Waals surface area (Å²) in [5.41, 5.74) is 14.3. The van der Waals surface area contributed by atoms with Crippen LogP contribution in [0.1, 0.15) is 33.6 Å². The van der Waals surface area contributed by atoms with Crippen molar-refractivity contribution in [1.29, 1.82) is 0 Å². The Hall–Kier alpha value is -6.25. The van der Waals surface area contributed by atoms with E-state index in [-0.39, 0.29) is 76.1 Å². The summed E-state index contributed by atoms with van der Waals surface area (Å²) in [6.07, 6.45) is 7.43. The third-order valence-corrected chi connectivity index (χ3v) is 12.1. The highest BCUT2D eigenvalue weighted by Gasteiger charge is 2.32. The van der Waals surface area contributed by atoms with Gasteiger partial charge in [-0.1, -0.05) is 31.9 Å². The molecule has 1 atom stereocenters. The molecule has 0 radical (unpaired) electrons. The number of halogens is 2. The van der Waals surface area contributed by atoms with Gasteiger partial charge >= 0.3 is 5.82 Å². The molecule has 2 amide bonds. The van der Waals surface area contributed by atoms with Gasteiger partial charge in [0.25, 0.3) is 18.0 Å². The zero-order valence-electron chi connectivity index (χ0n) is 29.3. The summed E-state index contributed by atoms with van der Waals surface area (Å²) in [6, 6.07) is 13.2. The lowest BCUT2D eigenvalue weighted by molar-refractivity contribution is -0.741. The van der Waals surface area contributed by atoms with Crippen molar-refractivity contribution in [2.45, 2.75) is 17.5 Å². The van der Waals surface area contributed by atoms with Crippen molar-refractivity contribution in [3.8, 4) is 39.8 Å². The van der Waals surface area contributed by atoms with Crippen molar-refractivity contribution < 1.29 is 36.8 Å². The van der Waals surface area contributed by atoms with Crippen LogP contribution >= 0.6 is 31.9 Å². The number of nitrogen functional groups attached to an aromatic ring is 2. The van der Waals surface area contributed by atoms with Crippen LogP contribution in [0.4, 0.5) is 23.0 Å². The molecule has 1 unspecified atom stereocenters. The second kappa shape index (κ2) is 15.4. The molecule has 2 aromatic carbocycles. The van der Waals surface area contributed by atoms with Gasteiger partial charge in [-0.15, -0.1) is 0 Å². The quantitative estimate of drug-likeness (QED) is 0.159. The van der Waals surface area contributed by atoms with Crippen LogP contribution in [0.3, 0.4) is 0 Å². The van der Waals surface area contributed by atoms with Crippen LogP contribution in [0.5, 0.6) is 17.2 Å². The number of hydrogen-bond acceptors (Lipinski definition) is 14. The molecule has 20 heteroatoms. The fourth-order valence-corrected chi connectivity index (χ4v) is 8.39. The van der Waals surface area contributed by atoms with Crippen molar-refractivity contribution in [2.24, 2.45) is 0 Å². The van der Waals surface area contributed by atoms with E-state index in [9.17, 15) is 18.0 Å². The number of rotatable bonds is 1. The molecule has 0 aliphatic carbocycles. The zero-order chi connectivity index (χ0) is 39.8. The van der Waals surface area contributed by atoms with Gasteiger partial charge in [0, 0.05) is 38.5 Å². The molecular formula is C37H29Br2N10O7S+. The summed E-state index contributed by atoms with van der Waals surface area (Å²) in [4.78, 5) is 49.4. The average Bonchev–Trinajstić information content (AvgIpc) is 3.20. The van der Waals surface area contributed by atoms with Gasteiger partial charge in [0.15, 0.2) is 33.7 Å². The summed E-state index contributed by atoms with van der Waals surface area (Å²) < 4.78 is 48.5. The Morgan fingerprint density at radius 2 is 1.44 bits per heavy atom. The smallest absolute Gasteiger partial charge is 0.307 e. The van der Waals surface area contributed by atoms with Crippen LogP contribution in [0.15, 0.2) is 99.6 Å². The van der Waals surface area contributed by atoms with Gasteiger partial charge in [0.05, 0.1) is 47.2 Å². The normalized spacial score (nSPS) is 16.3. The fourth-order valence-electron chi connectivity index (χ4n) is 6.06.